The van der Waals surface area contributed by atoms with Crippen LogP contribution in [0.1, 0.15) is 49.8 Å². The van der Waals surface area contributed by atoms with Gasteiger partial charge in [0.05, 0.1) is 18.6 Å². The fraction of sp³-hybridized carbons (Fsp3) is 0.571. The zero-order valence-electron chi connectivity index (χ0n) is 17.2. The average Bonchev–Trinajstić information content (AvgIpc) is 3.39. The Morgan fingerprint density at radius 3 is 2.55 bits per heavy atom. The van der Waals surface area contributed by atoms with Gasteiger partial charge in [-0.05, 0) is 30.4 Å². The highest BCUT2D eigenvalue weighted by molar-refractivity contribution is 7.89. The maximum absolute atomic E-state index is 13.4. The first kappa shape index (κ1) is 22.1. The fourth-order valence-electron chi connectivity index (χ4n) is 4.78. The number of halogens is 3. The highest BCUT2D eigenvalue weighted by Gasteiger charge is 2.51. The van der Waals surface area contributed by atoms with Crippen LogP contribution in [0.5, 0.6) is 0 Å². The molecule has 0 bridgehead atoms. The van der Waals surface area contributed by atoms with Gasteiger partial charge in [0.1, 0.15) is 0 Å². The Kier molecular flexibility index (Phi) is 6.30. The van der Waals surface area contributed by atoms with Crippen molar-refractivity contribution in [3.8, 4) is 0 Å². The first-order valence-electron chi connectivity index (χ1n) is 10.6. The van der Waals surface area contributed by atoms with E-state index in [0.29, 0.717) is 28.8 Å². The summed E-state index contributed by atoms with van der Waals surface area (Å²) in [5.74, 6) is 0.556. The average molecular weight is 457 g/mol. The lowest BCUT2D eigenvalue weighted by Crippen LogP contribution is -2.47. The van der Waals surface area contributed by atoms with Crippen molar-refractivity contribution >= 4 is 15.7 Å². The second-order valence-electron chi connectivity index (χ2n) is 8.46. The third kappa shape index (κ3) is 4.74. The smallest absolute Gasteiger partial charge is 0.361 e. The number of sulfonamides is 1. The van der Waals surface area contributed by atoms with Crippen molar-refractivity contribution in [3.63, 3.8) is 0 Å². The second-order valence-corrected chi connectivity index (χ2v) is 10.4. The first-order chi connectivity index (χ1) is 14.8. The van der Waals surface area contributed by atoms with E-state index in [9.17, 15) is 21.6 Å². The molecule has 0 unspecified atom stereocenters. The summed E-state index contributed by atoms with van der Waals surface area (Å²) < 4.78 is 65.6. The minimum Gasteiger partial charge on any atom is -0.361 e. The number of imidazole rings is 1. The molecule has 10 heteroatoms. The lowest BCUT2D eigenvalue weighted by molar-refractivity contribution is -0.0492. The van der Waals surface area contributed by atoms with Crippen LogP contribution in [-0.2, 0) is 23.1 Å². The van der Waals surface area contributed by atoms with E-state index in [2.05, 4.69) is 9.97 Å². The maximum Gasteiger partial charge on any atom is 0.511 e. The molecule has 170 valence electrons. The number of para-hydroxylation sites is 1. The standard InChI is InChI=1S/C21H27F3N4O2S/c22-21(23,24)31(29,30)27-12-17-7-3-4-8-20(17)28(13-18-11-25-15-26-18)19(14-27)10-9-16-5-1-2-6-16/h3-4,7-8,11,15-16,19H,1-2,5-6,9-10,12-14H2,(H,25,26)/t19-/m0/s1. The van der Waals surface area contributed by atoms with Crippen molar-refractivity contribution in [1.82, 2.24) is 14.3 Å². The van der Waals surface area contributed by atoms with Gasteiger partial charge in [0.25, 0.3) is 0 Å². The van der Waals surface area contributed by atoms with Gasteiger partial charge in [0, 0.05) is 31.0 Å². The first-order valence-corrected chi connectivity index (χ1v) is 12.1. The van der Waals surface area contributed by atoms with Crippen LogP contribution in [0.2, 0.25) is 0 Å². The quantitative estimate of drug-likeness (QED) is 0.699. The number of fused-ring (bicyclic) bond motifs is 1. The van der Waals surface area contributed by atoms with Crippen LogP contribution in [0.15, 0.2) is 36.8 Å². The van der Waals surface area contributed by atoms with Gasteiger partial charge < -0.3 is 9.88 Å². The van der Waals surface area contributed by atoms with Crippen LogP contribution in [0, 0.1) is 5.92 Å². The Morgan fingerprint density at radius 2 is 1.87 bits per heavy atom. The molecule has 2 heterocycles. The molecule has 1 aliphatic heterocycles. The van der Waals surface area contributed by atoms with Crippen LogP contribution >= 0.6 is 0 Å². The lowest BCUT2D eigenvalue weighted by atomic mass is 9.97. The molecular weight excluding hydrogens is 429 g/mol. The van der Waals surface area contributed by atoms with Crippen LogP contribution < -0.4 is 4.90 Å². The fourth-order valence-corrected chi connectivity index (χ4v) is 5.75. The van der Waals surface area contributed by atoms with Gasteiger partial charge >= 0.3 is 15.5 Å². The van der Waals surface area contributed by atoms with Gasteiger partial charge in [-0.15, -0.1) is 0 Å². The summed E-state index contributed by atoms with van der Waals surface area (Å²) in [6.45, 7) is -0.0684. The summed E-state index contributed by atoms with van der Waals surface area (Å²) in [7, 11) is -5.43. The van der Waals surface area contributed by atoms with Gasteiger partial charge in [0.15, 0.2) is 0 Å². The summed E-state index contributed by atoms with van der Waals surface area (Å²) >= 11 is 0. The van der Waals surface area contributed by atoms with Crippen molar-refractivity contribution in [2.45, 2.75) is 63.2 Å². The molecular formula is C21H27F3N4O2S. The molecule has 1 aliphatic carbocycles. The van der Waals surface area contributed by atoms with E-state index in [-0.39, 0.29) is 19.1 Å². The van der Waals surface area contributed by atoms with E-state index in [1.54, 1.807) is 24.7 Å². The zero-order valence-corrected chi connectivity index (χ0v) is 18.0. The molecule has 1 aromatic carbocycles. The van der Waals surface area contributed by atoms with E-state index < -0.39 is 15.5 Å². The lowest BCUT2D eigenvalue weighted by Gasteiger charge is -2.34. The normalized spacial score (nSPS) is 21.3. The zero-order chi connectivity index (χ0) is 22.1. The number of aromatic nitrogens is 2. The van der Waals surface area contributed by atoms with Gasteiger partial charge in [0.2, 0.25) is 0 Å². The number of hydrogen-bond acceptors (Lipinski definition) is 4. The number of aromatic amines is 1. The molecule has 0 amide bonds. The van der Waals surface area contributed by atoms with Gasteiger partial charge in [-0.1, -0.05) is 43.9 Å². The molecule has 1 aromatic heterocycles. The van der Waals surface area contributed by atoms with E-state index >= 15 is 0 Å². The Hall–Kier alpha value is -2.07. The summed E-state index contributed by atoms with van der Waals surface area (Å²) in [5, 5.41) is 0. The second kappa shape index (κ2) is 8.82. The molecule has 0 spiro atoms. The summed E-state index contributed by atoms with van der Waals surface area (Å²) in [5.41, 5.74) is -3.16. The number of nitrogens with zero attached hydrogens (tertiary/aromatic N) is 3. The number of anilines is 1. The molecule has 31 heavy (non-hydrogen) atoms. The van der Waals surface area contributed by atoms with Gasteiger partial charge in [-0.25, -0.2) is 13.4 Å². The van der Waals surface area contributed by atoms with Crippen molar-refractivity contribution in [2.24, 2.45) is 5.92 Å². The van der Waals surface area contributed by atoms with E-state index in [4.69, 9.17) is 0 Å². The van der Waals surface area contributed by atoms with Crippen LogP contribution in [0.25, 0.3) is 0 Å². The van der Waals surface area contributed by atoms with E-state index in [1.165, 1.54) is 12.8 Å². The van der Waals surface area contributed by atoms with E-state index in [0.717, 1.165) is 30.6 Å². The molecule has 1 atom stereocenters. The van der Waals surface area contributed by atoms with Crippen molar-refractivity contribution < 1.29 is 21.6 Å². The number of alkyl halides is 3. The number of nitrogens with one attached hydrogen (secondary N) is 1. The third-order valence-corrected chi connectivity index (χ3v) is 7.96. The topological polar surface area (TPSA) is 69.3 Å². The number of H-pyrrole nitrogens is 1. The number of hydrogen-bond donors (Lipinski definition) is 1. The number of rotatable bonds is 6. The minimum atomic E-state index is -5.43. The van der Waals surface area contributed by atoms with E-state index in [1.807, 2.05) is 17.0 Å². The van der Waals surface area contributed by atoms with Gasteiger partial charge in [-0.2, -0.15) is 17.5 Å². The molecule has 0 saturated heterocycles. The predicted octanol–water partition coefficient (Wildman–Crippen LogP) is 4.42. The molecule has 1 N–H and O–H groups in total. The van der Waals surface area contributed by atoms with Crippen molar-refractivity contribution in [1.29, 1.82) is 0 Å². The largest absolute Gasteiger partial charge is 0.511 e. The molecule has 2 aromatic rings. The highest BCUT2D eigenvalue weighted by atomic mass is 32.2. The molecule has 0 radical (unpaired) electrons. The van der Waals surface area contributed by atoms with Crippen molar-refractivity contribution in [2.75, 3.05) is 11.4 Å². The maximum atomic E-state index is 13.4. The molecule has 2 aliphatic rings. The van der Waals surface area contributed by atoms with Crippen molar-refractivity contribution in [3.05, 3.63) is 48.0 Å². The highest BCUT2D eigenvalue weighted by Crippen LogP contribution is 2.37. The van der Waals surface area contributed by atoms with Crippen LogP contribution in [0.3, 0.4) is 0 Å². The summed E-state index contributed by atoms with van der Waals surface area (Å²) in [6.07, 6.45) is 9.40. The Labute approximate surface area is 180 Å². The number of benzene rings is 1. The Balaban J connectivity index is 1.70. The minimum absolute atomic E-state index is 0.197. The summed E-state index contributed by atoms with van der Waals surface area (Å²) in [4.78, 5) is 9.15. The monoisotopic (exact) mass is 456 g/mol. The molecule has 1 saturated carbocycles. The molecule has 6 nitrogen and oxygen atoms in total. The Bertz CT molecular complexity index is 973. The SMILES string of the molecule is O=S(=O)(N1Cc2ccccc2N(Cc2cnc[nH]2)[C@@H](CCC2CCCC2)C1)C(F)(F)F. The van der Waals surface area contributed by atoms with Crippen LogP contribution in [0.4, 0.5) is 18.9 Å². The molecule has 1 fully saturated rings. The van der Waals surface area contributed by atoms with Gasteiger partial charge in [-0.3, -0.25) is 0 Å². The van der Waals surface area contributed by atoms with Crippen LogP contribution in [-0.4, -0.2) is 40.8 Å². The Morgan fingerprint density at radius 1 is 1.13 bits per heavy atom. The molecule has 4 rings (SSSR count). The predicted molar refractivity (Wildman–Crippen MR) is 112 cm³/mol. The summed E-state index contributed by atoms with van der Waals surface area (Å²) in [6, 6.07) is 6.75. The third-order valence-electron chi connectivity index (χ3n) is 6.41.